The fraction of sp³-hybridized carbons (Fsp3) is 0.227. The van der Waals surface area contributed by atoms with E-state index in [0.29, 0.717) is 17.3 Å². The zero-order valence-electron chi connectivity index (χ0n) is 16.1. The lowest BCUT2D eigenvalue weighted by molar-refractivity contribution is 0.0680. The van der Waals surface area contributed by atoms with Crippen LogP contribution in [-0.4, -0.2) is 26.6 Å². The van der Waals surface area contributed by atoms with Gasteiger partial charge in [0.05, 0.1) is 5.69 Å². The average Bonchev–Trinajstić information content (AvgIpc) is 2.67. The first-order valence-electron chi connectivity index (χ1n) is 9.08. The molecule has 0 atom stereocenters. The molecule has 3 aromatic rings. The quantitative estimate of drug-likeness (QED) is 0.649. The number of halogens is 1. The van der Waals surface area contributed by atoms with Crippen molar-refractivity contribution in [2.75, 3.05) is 0 Å². The van der Waals surface area contributed by atoms with E-state index in [-0.39, 0.29) is 23.1 Å². The van der Waals surface area contributed by atoms with E-state index in [9.17, 15) is 9.59 Å². The molecule has 2 aromatic carbocycles. The molecule has 0 fully saturated rings. The van der Waals surface area contributed by atoms with Crippen molar-refractivity contribution in [2.45, 2.75) is 33.4 Å². The number of aryl methyl sites for hydroxylation is 1. The van der Waals surface area contributed by atoms with Gasteiger partial charge in [-0.15, -0.1) is 0 Å². The van der Waals surface area contributed by atoms with E-state index < -0.39 is 0 Å². The molecule has 5 nitrogen and oxygen atoms in total. The van der Waals surface area contributed by atoms with Gasteiger partial charge in [0.25, 0.3) is 5.91 Å². The van der Waals surface area contributed by atoms with Crippen LogP contribution in [-0.2, 0) is 6.54 Å². The Kier molecular flexibility index (Phi) is 5.95. The number of hydrogen-bond acceptors (Lipinski definition) is 3. The molecule has 6 heteroatoms. The molecular weight excluding hydrogens is 374 g/mol. The van der Waals surface area contributed by atoms with E-state index in [1.54, 1.807) is 40.8 Å². The fourth-order valence-corrected chi connectivity index (χ4v) is 3.07. The van der Waals surface area contributed by atoms with E-state index in [1.165, 1.54) is 6.07 Å². The van der Waals surface area contributed by atoms with Crippen molar-refractivity contribution < 1.29 is 4.79 Å². The highest BCUT2D eigenvalue weighted by Gasteiger charge is 2.24. The lowest BCUT2D eigenvalue weighted by atomic mass is 10.1. The molecule has 0 unspecified atom stereocenters. The lowest BCUT2D eigenvalue weighted by Crippen LogP contribution is -2.40. The maximum absolute atomic E-state index is 13.2. The van der Waals surface area contributed by atoms with Gasteiger partial charge in [-0.25, -0.2) is 4.68 Å². The molecule has 0 spiro atoms. The van der Waals surface area contributed by atoms with E-state index in [0.717, 1.165) is 11.3 Å². The van der Waals surface area contributed by atoms with Crippen molar-refractivity contribution in [1.29, 1.82) is 0 Å². The summed E-state index contributed by atoms with van der Waals surface area (Å²) in [4.78, 5) is 27.4. The lowest BCUT2D eigenvalue weighted by Gasteiger charge is -2.26. The molecule has 0 radical (unpaired) electrons. The highest BCUT2D eigenvalue weighted by Crippen LogP contribution is 2.15. The Morgan fingerprint density at radius 3 is 2.36 bits per heavy atom. The van der Waals surface area contributed by atoms with Crippen LogP contribution in [0.15, 0.2) is 65.5 Å². The second-order valence-electron chi connectivity index (χ2n) is 6.90. The van der Waals surface area contributed by atoms with Crippen molar-refractivity contribution in [1.82, 2.24) is 14.7 Å². The van der Waals surface area contributed by atoms with Crippen LogP contribution < -0.4 is 5.43 Å². The third-order valence-corrected chi connectivity index (χ3v) is 4.71. The summed E-state index contributed by atoms with van der Waals surface area (Å²) in [6.07, 6.45) is 0. The zero-order valence-corrected chi connectivity index (χ0v) is 16.8. The minimum Gasteiger partial charge on any atom is -0.330 e. The van der Waals surface area contributed by atoms with Crippen molar-refractivity contribution in [2.24, 2.45) is 0 Å². The summed E-state index contributed by atoms with van der Waals surface area (Å²) >= 11 is 5.96. The van der Waals surface area contributed by atoms with E-state index >= 15 is 0 Å². The monoisotopic (exact) mass is 395 g/mol. The molecule has 144 valence electrons. The fourth-order valence-electron chi connectivity index (χ4n) is 2.94. The largest absolute Gasteiger partial charge is 0.330 e. The number of aromatic nitrogens is 2. The summed E-state index contributed by atoms with van der Waals surface area (Å²) in [6, 6.07) is 18.1. The number of nitrogens with zero attached hydrogens (tertiary/aromatic N) is 3. The predicted molar refractivity (Wildman–Crippen MR) is 111 cm³/mol. The number of hydrogen-bond donors (Lipinski definition) is 0. The molecule has 3 rings (SSSR count). The van der Waals surface area contributed by atoms with Gasteiger partial charge in [0.1, 0.15) is 0 Å². The first-order valence-corrected chi connectivity index (χ1v) is 9.46. The summed E-state index contributed by atoms with van der Waals surface area (Å²) in [5, 5.41) is 4.99. The van der Waals surface area contributed by atoms with E-state index in [4.69, 9.17) is 11.6 Å². The smallest absolute Gasteiger partial charge is 0.278 e. The van der Waals surface area contributed by atoms with Gasteiger partial charge in [0.15, 0.2) is 5.69 Å². The van der Waals surface area contributed by atoms with Gasteiger partial charge in [-0.2, -0.15) is 5.10 Å². The maximum Gasteiger partial charge on any atom is 0.278 e. The average molecular weight is 396 g/mol. The number of rotatable bonds is 5. The van der Waals surface area contributed by atoms with Crippen molar-refractivity contribution in [3.63, 3.8) is 0 Å². The topological polar surface area (TPSA) is 55.2 Å². The standard InChI is InChI=1S/C22H22ClN3O2/c1-15(2)25(14-17-7-5-4-6-8-17)22(28)21-20(27)13-16(3)26(24-21)19-11-9-18(23)10-12-19/h4-13,15H,14H2,1-3H3. The van der Waals surface area contributed by atoms with Crippen molar-refractivity contribution in [3.05, 3.63) is 92.9 Å². The first-order chi connectivity index (χ1) is 13.4. The van der Waals surface area contributed by atoms with Gasteiger partial charge in [0, 0.05) is 29.4 Å². The Balaban J connectivity index is 2.01. The predicted octanol–water partition coefficient (Wildman–Crippen LogP) is 4.25. The molecule has 1 aromatic heterocycles. The SMILES string of the molecule is Cc1cc(=O)c(C(=O)N(Cc2ccccc2)C(C)C)nn1-c1ccc(Cl)cc1. The maximum atomic E-state index is 13.2. The molecule has 0 saturated carbocycles. The Labute approximate surface area is 169 Å². The molecule has 1 heterocycles. The Morgan fingerprint density at radius 1 is 1.11 bits per heavy atom. The zero-order chi connectivity index (χ0) is 20.3. The van der Waals surface area contributed by atoms with Crippen LogP contribution in [0.2, 0.25) is 5.02 Å². The minimum absolute atomic E-state index is 0.0841. The highest BCUT2D eigenvalue weighted by molar-refractivity contribution is 6.30. The molecule has 0 aliphatic rings. The molecule has 0 bridgehead atoms. The van der Waals surface area contributed by atoms with Crippen molar-refractivity contribution in [3.8, 4) is 5.69 Å². The van der Waals surface area contributed by atoms with Crippen LogP contribution in [0.3, 0.4) is 0 Å². The number of amides is 1. The summed E-state index contributed by atoms with van der Waals surface area (Å²) in [7, 11) is 0. The molecule has 0 aliphatic heterocycles. The molecule has 1 amide bonds. The van der Waals surface area contributed by atoms with Crippen LogP contribution in [0.25, 0.3) is 5.69 Å². The number of carbonyl (C=O) groups is 1. The molecule has 0 aliphatic carbocycles. The van der Waals surface area contributed by atoms with Gasteiger partial charge in [-0.1, -0.05) is 41.9 Å². The summed E-state index contributed by atoms with van der Waals surface area (Å²) in [5.74, 6) is -0.383. The van der Waals surface area contributed by atoms with Crippen LogP contribution in [0.1, 0.15) is 35.6 Å². The van der Waals surface area contributed by atoms with Crippen molar-refractivity contribution >= 4 is 17.5 Å². The Hall–Kier alpha value is -2.92. The number of benzene rings is 2. The van der Waals surface area contributed by atoms with Crippen LogP contribution >= 0.6 is 11.6 Å². The molecule has 0 saturated heterocycles. The summed E-state index contributed by atoms with van der Waals surface area (Å²) < 4.78 is 1.59. The number of carbonyl (C=O) groups excluding carboxylic acids is 1. The molecule has 28 heavy (non-hydrogen) atoms. The van der Waals surface area contributed by atoms with Crippen LogP contribution in [0, 0.1) is 6.92 Å². The second kappa shape index (κ2) is 8.40. The summed E-state index contributed by atoms with van der Waals surface area (Å²) in [5.41, 5.74) is 1.89. The van der Waals surface area contributed by atoms with Gasteiger partial charge >= 0.3 is 0 Å². The third-order valence-electron chi connectivity index (χ3n) is 4.46. The third kappa shape index (κ3) is 4.31. The van der Waals surface area contributed by atoms with Gasteiger partial charge < -0.3 is 4.90 Å². The van der Waals surface area contributed by atoms with Gasteiger partial charge in [-0.05, 0) is 50.6 Å². The van der Waals surface area contributed by atoms with Gasteiger partial charge in [0.2, 0.25) is 5.43 Å². The second-order valence-corrected chi connectivity index (χ2v) is 7.34. The first kappa shape index (κ1) is 19.8. The van der Waals surface area contributed by atoms with Gasteiger partial charge in [-0.3, -0.25) is 9.59 Å². The van der Waals surface area contributed by atoms with E-state index in [2.05, 4.69) is 5.10 Å². The van der Waals surface area contributed by atoms with Crippen LogP contribution in [0.4, 0.5) is 0 Å². The van der Waals surface area contributed by atoms with E-state index in [1.807, 2.05) is 44.2 Å². The Bertz CT molecular complexity index is 1030. The normalized spacial score (nSPS) is 10.9. The highest BCUT2D eigenvalue weighted by atomic mass is 35.5. The molecular formula is C22H22ClN3O2. The Morgan fingerprint density at radius 2 is 1.75 bits per heavy atom. The molecule has 0 N–H and O–H groups in total. The van der Waals surface area contributed by atoms with Crippen LogP contribution in [0.5, 0.6) is 0 Å². The summed E-state index contributed by atoms with van der Waals surface area (Å²) in [6.45, 7) is 6.04. The minimum atomic E-state index is -0.383.